The minimum Gasteiger partial charge on any atom is -0.398 e. The quantitative estimate of drug-likeness (QED) is 0.297. The van der Waals surface area contributed by atoms with Crippen LogP contribution in [0.2, 0.25) is 0 Å². The third-order valence-electron chi connectivity index (χ3n) is 2.00. The highest BCUT2D eigenvalue weighted by Gasteiger charge is 2.06. The van der Waals surface area contributed by atoms with Gasteiger partial charge in [0.15, 0.2) is 5.12 Å². The summed E-state index contributed by atoms with van der Waals surface area (Å²) >= 11 is 1.22. The number of non-ortho nitro benzene ring substituents is 1. The number of nitrogens with two attached hydrogens (primary N) is 1. The van der Waals surface area contributed by atoms with Crippen LogP contribution in [0, 0.1) is 22.0 Å². The molecule has 0 aliphatic rings. The number of nitro groups is 1. The largest absolute Gasteiger partial charge is 0.398 e. The van der Waals surface area contributed by atoms with Gasteiger partial charge >= 0.3 is 0 Å². The smallest absolute Gasteiger partial charge is 0.271 e. The molecule has 0 amide bonds. The fraction of sp³-hybridized carbons (Fsp3) is 0.250. The minimum atomic E-state index is -0.503. The summed E-state index contributed by atoms with van der Waals surface area (Å²) < 4.78 is 0. The Morgan fingerprint density at radius 1 is 1.56 bits per heavy atom. The van der Waals surface area contributed by atoms with E-state index in [1.807, 2.05) is 0 Å². The molecule has 0 saturated heterocycles. The van der Waals surface area contributed by atoms with Crippen LogP contribution >= 0.6 is 11.8 Å². The second-order valence-corrected chi connectivity index (χ2v) is 4.69. The molecule has 0 heterocycles. The second-order valence-electron chi connectivity index (χ2n) is 3.42. The van der Waals surface area contributed by atoms with E-state index in [0.29, 0.717) is 17.7 Å². The van der Waals surface area contributed by atoms with Crippen LogP contribution in [0.25, 0.3) is 0 Å². The molecular formula is C12H12N2O3S. The van der Waals surface area contributed by atoms with Gasteiger partial charge in [0.2, 0.25) is 0 Å². The van der Waals surface area contributed by atoms with Crippen molar-refractivity contribution in [2.24, 2.45) is 0 Å². The predicted octanol–water partition coefficient (Wildman–Crippen LogP) is 2.20. The summed E-state index contributed by atoms with van der Waals surface area (Å²) in [5.41, 5.74) is 6.46. The lowest BCUT2D eigenvalue weighted by Crippen LogP contribution is -1.94. The normalized spacial score (nSPS) is 9.39. The molecule has 1 aromatic rings. The number of hydrogen-bond donors (Lipinski definition) is 1. The molecule has 1 rings (SSSR count). The van der Waals surface area contributed by atoms with Crippen molar-refractivity contribution in [1.29, 1.82) is 0 Å². The van der Waals surface area contributed by atoms with Crippen molar-refractivity contribution >= 4 is 28.3 Å². The summed E-state index contributed by atoms with van der Waals surface area (Å²) in [4.78, 5) is 20.7. The van der Waals surface area contributed by atoms with E-state index in [9.17, 15) is 14.9 Å². The highest BCUT2D eigenvalue weighted by Crippen LogP contribution is 2.18. The molecule has 0 spiro atoms. The van der Waals surface area contributed by atoms with Crippen LogP contribution in [-0.4, -0.2) is 15.8 Å². The third-order valence-corrected chi connectivity index (χ3v) is 2.82. The summed E-state index contributed by atoms with van der Waals surface area (Å²) in [7, 11) is 0. The van der Waals surface area contributed by atoms with Gasteiger partial charge < -0.3 is 5.73 Å². The molecule has 94 valence electrons. The predicted molar refractivity (Wildman–Crippen MR) is 72.1 cm³/mol. The van der Waals surface area contributed by atoms with E-state index in [2.05, 4.69) is 11.8 Å². The van der Waals surface area contributed by atoms with Crippen LogP contribution in [0.1, 0.15) is 18.9 Å². The van der Waals surface area contributed by atoms with Crippen molar-refractivity contribution in [2.75, 3.05) is 11.5 Å². The molecule has 18 heavy (non-hydrogen) atoms. The van der Waals surface area contributed by atoms with E-state index < -0.39 is 4.92 Å². The molecule has 2 N–H and O–H groups in total. The molecule has 0 atom stereocenters. The number of rotatable bonds is 3. The molecule has 0 radical (unpaired) electrons. The molecule has 0 aliphatic carbocycles. The fourth-order valence-electron chi connectivity index (χ4n) is 1.18. The van der Waals surface area contributed by atoms with Gasteiger partial charge in [0.05, 0.1) is 10.6 Å². The molecule has 0 aliphatic heterocycles. The Morgan fingerprint density at radius 3 is 2.83 bits per heavy atom. The molecule has 1 aromatic carbocycles. The number of nitro benzene ring substituents is 1. The van der Waals surface area contributed by atoms with Crippen LogP contribution in [0.5, 0.6) is 0 Å². The van der Waals surface area contributed by atoms with E-state index in [0.717, 1.165) is 0 Å². The lowest BCUT2D eigenvalue weighted by Gasteiger charge is -1.97. The van der Waals surface area contributed by atoms with Gasteiger partial charge in [-0.05, 0) is 6.07 Å². The maximum Gasteiger partial charge on any atom is 0.271 e. The lowest BCUT2D eigenvalue weighted by molar-refractivity contribution is -0.384. The first-order valence-corrected chi connectivity index (χ1v) is 6.15. The summed E-state index contributed by atoms with van der Waals surface area (Å²) in [6, 6.07) is 4.18. The number of carbonyl (C=O) groups is 1. The van der Waals surface area contributed by atoms with Crippen molar-refractivity contribution in [3.63, 3.8) is 0 Å². The molecule has 0 fully saturated rings. The van der Waals surface area contributed by atoms with Gasteiger partial charge in [-0.15, -0.1) is 0 Å². The topological polar surface area (TPSA) is 86.2 Å². The maximum absolute atomic E-state index is 10.7. The molecule has 0 bridgehead atoms. The van der Waals surface area contributed by atoms with Crippen molar-refractivity contribution in [3.8, 4) is 11.8 Å². The Morgan fingerprint density at radius 2 is 2.28 bits per heavy atom. The minimum absolute atomic E-state index is 0.0508. The van der Waals surface area contributed by atoms with Gasteiger partial charge in [-0.3, -0.25) is 14.9 Å². The average Bonchev–Trinajstić information content (AvgIpc) is 2.29. The number of anilines is 1. The van der Waals surface area contributed by atoms with E-state index in [1.54, 1.807) is 0 Å². The van der Waals surface area contributed by atoms with Gasteiger partial charge in [-0.1, -0.05) is 23.6 Å². The number of carbonyl (C=O) groups excluding carboxylic acids is 1. The van der Waals surface area contributed by atoms with Crippen molar-refractivity contribution < 1.29 is 9.72 Å². The van der Waals surface area contributed by atoms with Gasteiger partial charge in [0.1, 0.15) is 0 Å². The van der Waals surface area contributed by atoms with Crippen LogP contribution in [-0.2, 0) is 4.79 Å². The Kier molecular flexibility index (Phi) is 5.21. The van der Waals surface area contributed by atoms with E-state index in [-0.39, 0.29) is 16.5 Å². The molecule has 0 saturated carbocycles. The van der Waals surface area contributed by atoms with Gasteiger partial charge in [0, 0.05) is 36.8 Å². The molecule has 6 heteroatoms. The number of nitrogen functional groups attached to an aromatic ring is 1. The Labute approximate surface area is 109 Å². The van der Waals surface area contributed by atoms with Gasteiger partial charge in [0.25, 0.3) is 5.69 Å². The lowest BCUT2D eigenvalue weighted by atomic mass is 10.1. The monoisotopic (exact) mass is 264 g/mol. The first-order chi connectivity index (χ1) is 8.50. The third kappa shape index (κ3) is 4.47. The number of nitrogens with zero attached hydrogens (tertiary/aromatic N) is 1. The maximum atomic E-state index is 10.7. The van der Waals surface area contributed by atoms with Crippen molar-refractivity contribution in [2.45, 2.75) is 13.3 Å². The Bertz CT molecular complexity index is 532. The fourth-order valence-corrected chi connectivity index (χ4v) is 1.67. The van der Waals surface area contributed by atoms with Crippen LogP contribution in [0.4, 0.5) is 11.4 Å². The number of thioether (sulfide) groups is 1. The molecule has 5 nitrogen and oxygen atoms in total. The zero-order valence-electron chi connectivity index (χ0n) is 9.80. The van der Waals surface area contributed by atoms with E-state index in [4.69, 9.17) is 5.73 Å². The highest BCUT2D eigenvalue weighted by molar-refractivity contribution is 8.13. The number of hydrogen-bond acceptors (Lipinski definition) is 5. The van der Waals surface area contributed by atoms with Crippen molar-refractivity contribution in [1.82, 2.24) is 0 Å². The highest BCUT2D eigenvalue weighted by atomic mass is 32.2. The van der Waals surface area contributed by atoms with Crippen LogP contribution < -0.4 is 5.73 Å². The SMILES string of the molecule is CC(=O)SCCC#Cc1ccc([N+](=O)[O-])cc1N. The van der Waals surface area contributed by atoms with Crippen molar-refractivity contribution in [3.05, 3.63) is 33.9 Å². The van der Waals surface area contributed by atoms with E-state index >= 15 is 0 Å². The summed E-state index contributed by atoms with van der Waals surface area (Å²) in [6.45, 7) is 1.51. The first kappa shape index (κ1) is 14.1. The zero-order valence-corrected chi connectivity index (χ0v) is 10.6. The van der Waals surface area contributed by atoms with Crippen LogP contribution in [0.15, 0.2) is 18.2 Å². The standard InChI is InChI=1S/C12H12N2O3S/c1-9(15)18-7-3-2-4-10-5-6-11(14(16)17)8-12(10)13/h5-6,8H,3,7,13H2,1H3. The number of benzene rings is 1. The summed E-state index contributed by atoms with van der Waals surface area (Å²) in [5, 5.41) is 10.6. The molecular weight excluding hydrogens is 252 g/mol. The van der Waals surface area contributed by atoms with E-state index in [1.165, 1.54) is 36.9 Å². The van der Waals surface area contributed by atoms with Crippen LogP contribution in [0.3, 0.4) is 0 Å². The Balaban J connectivity index is 2.65. The molecule has 0 aromatic heterocycles. The summed E-state index contributed by atoms with van der Waals surface area (Å²) in [6.07, 6.45) is 0.570. The van der Waals surface area contributed by atoms with Gasteiger partial charge in [-0.25, -0.2) is 0 Å². The zero-order chi connectivity index (χ0) is 13.5. The Hall–Kier alpha value is -2.00. The molecule has 0 unspecified atom stereocenters. The first-order valence-electron chi connectivity index (χ1n) is 5.17. The van der Waals surface area contributed by atoms with Gasteiger partial charge in [-0.2, -0.15) is 0 Å². The summed E-state index contributed by atoms with van der Waals surface area (Å²) in [5.74, 6) is 6.34. The second kappa shape index (κ2) is 6.67. The average molecular weight is 264 g/mol.